The molecule has 0 heterocycles. The van der Waals surface area contributed by atoms with Crippen molar-refractivity contribution in [2.24, 2.45) is 15.9 Å². The van der Waals surface area contributed by atoms with E-state index in [1.807, 2.05) is 73.7 Å². The van der Waals surface area contributed by atoms with E-state index in [0.717, 1.165) is 11.3 Å². The number of nitrogens with two attached hydrogens (primary N) is 1. The molecule has 0 radical (unpaired) electrons. The molecule has 3 aromatic carbocycles. The van der Waals surface area contributed by atoms with Crippen LogP contribution >= 0.6 is 0 Å². The van der Waals surface area contributed by atoms with E-state index in [0.29, 0.717) is 5.84 Å². The molecule has 2 N–H and O–H groups in total. The summed E-state index contributed by atoms with van der Waals surface area (Å²) in [5, 5.41) is 8.68. The van der Waals surface area contributed by atoms with E-state index in [9.17, 15) is 0 Å². The molecule has 0 aliphatic carbocycles. The maximum atomic E-state index is 6.06. The predicted octanol–water partition coefficient (Wildman–Crippen LogP) is 4.60. The number of benzene rings is 3. The third-order valence-corrected chi connectivity index (χ3v) is 4.07. The highest BCUT2D eigenvalue weighted by Crippen LogP contribution is 2.26. The fourth-order valence-corrected chi connectivity index (χ4v) is 2.82. The lowest BCUT2D eigenvalue weighted by molar-refractivity contribution is 1.04. The standard InChI is InChI=1S/C22H21N3/c1-17(24-25-22(23)20-15-9-4-10-16-20)21(18-11-5-2-6-12-18)19-13-7-3-8-14-19/h2-16,21H,1H3,(H2,23,25). The van der Waals surface area contributed by atoms with E-state index >= 15 is 0 Å². The van der Waals surface area contributed by atoms with E-state index in [1.165, 1.54) is 11.1 Å². The fraction of sp³-hybridized carbons (Fsp3) is 0.0909. The Kier molecular flexibility index (Phi) is 5.37. The first-order valence-electron chi connectivity index (χ1n) is 8.28. The Labute approximate surface area is 148 Å². The molecule has 3 nitrogen and oxygen atoms in total. The summed E-state index contributed by atoms with van der Waals surface area (Å²) in [6.45, 7) is 1.99. The van der Waals surface area contributed by atoms with Gasteiger partial charge in [0.15, 0.2) is 5.84 Å². The SMILES string of the molecule is CC(=NN=C(N)c1ccccc1)C(c1ccccc1)c1ccccc1. The van der Waals surface area contributed by atoms with Crippen LogP contribution in [0.4, 0.5) is 0 Å². The van der Waals surface area contributed by atoms with Crippen LogP contribution in [0.5, 0.6) is 0 Å². The fourth-order valence-electron chi connectivity index (χ4n) is 2.82. The quantitative estimate of drug-likeness (QED) is 0.415. The molecule has 3 aromatic rings. The molecule has 0 bridgehead atoms. The first-order valence-corrected chi connectivity index (χ1v) is 8.28. The highest BCUT2D eigenvalue weighted by molar-refractivity contribution is 5.98. The van der Waals surface area contributed by atoms with Crippen LogP contribution in [0.15, 0.2) is 101 Å². The first-order chi connectivity index (χ1) is 12.3. The number of nitrogens with zero attached hydrogens (tertiary/aromatic N) is 2. The van der Waals surface area contributed by atoms with Gasteiger partial charge in [-0.3, -0.25) is 0 Å². The largest absolute Gasteiger partial charge is 0.382 e. The average Bonchev–Trinajstić information content (AvgIpc) is 2.69. The van der Waals surface area contributed by atoms with Crippen LogP contribution in [0.3, 0.4) is 0 Å². The minimum atomic E-state index is 0.0507. The Morgan fingerprint density at radius 3 is 1.60 bits per heavy atom. The van der Waals surface area contributed by atoms with E-state index in [4.69, 9.17) is 5.73 Å². The molecule has 0 unspecified atom stereocenters. The van der Waals surface area contributed by atoms with Gasteiger partial charge in [0.25, 0.3) is 0 Å². The van der Waals surface area contributed by atoms with Gasteiger partial charge in [-0.2, -0.15) is 5.10 Å². The van der Waals surface area contributed by atoms with Gasteiger partial charge >= 0.3 is 0 Å². The molecular weight excluding hydrogens is 306 g/mol. The van der Waals surface area contributed by atoms with Crippen LogP contribution in [0.25, 0.3) is 0 Å². The summed E-state index contributed by atoms with van der Waals surface area (Å²) in [6, 6.07) is 30.3. The number of amidine groups is 1. The smallest absolute Gasteiger partial charge is 0.153 e. The van der Waals surface area contributed by atoms with Gasteiger partial charge in [-0.05, 0) is 18.1 Å². The zero-order valence-electron chi connectivity index (χ0n) is 14.2. The summed E-state index contributed by atoms with van der Waals surface area (Å²) >= 11 is 0. The summed E-state index contributed by atoms with van der Waals surface area (Å²) in [5.41, 5.74) is 10.2. The number of rotatable bonds is 5. The van der Waals surface area contributed by atoms with Gasteiger partial charge in [-0.1, -0.05) is 91.0 Å². The molecule has 25 heavy (non-hydrogen) atoms. The van der Waals surface area contributed by atoms with Gasteiger partial charge in [-0.15, -0.1) is 5.10 Å². The molecule has 0 saturated heterocycles. The first kappa shape index (κ1) is 16.7. The lowest BCUT2D eigenvalue weighted by atomic mass is 9.88. The summed E-state index contributed by atoms with van der Waals surface area (Å²) in [7, 11) is 0. The lowest BCUT2D eigenvalue weighted by Crippen LogP contribution is -2.14. The van der Waals surface area contributed by atoms with Crippen molar-refractivity contribution < 1.29 is 0 Å². The number of hydrogen-bond acceptors (Lipinski definition) is 2. The number of hydrogen-bond donors (Lipinski definition) is 1. The zero-order chi connectivity index (χ0) is 17.5. The molecule has 0 saturated carbocycles. The molecule has 0 fully saturated rings. The van der Waals surface area contributed by atoms with Gasteiger partial charge in [0.1, 0.15) is 0 Å². The van der Waals surface area contributed by atoms with Crippen molar-refractivity contribution in [3.63, 3.8) is 0 Å². The molecule has 0 atom stereocenters. The van der Waals surface area contributed by atoms with Gasteiger partial charge in [-0.25, -0.2) is 0 Å². The van der Waals surface area contributed by atoms with Gasteiger partial charge in [0, 0.05) is 17.2 Å². The predicted molar refractivity (Wildman–Crippen MR) is 105 cm³/mol. The van der Waals surface area contributed by atoms with Crippen molar-refractivity contribution in [3.8, 4) is 0 Å². The van der Waals surface area contributed by atoms with Crippen LogP contribution in [-0.4, -0.2) is 11.5 Å². The van der Waals surface area contributed by atoms with E-state index in [2.05, 4.69) is 34.5 Å². The normalized spacial score (nSPS) is 12.4. The second-order valence-corrected chi connectivity index (χ2v) is 5.85. The van der Waals surface area contributed by atoms with Crippen molar-refractivity contribution in [1.82, 2.24) is 0 Å². The molecule has 0 aromatic heterocycles. The maximum Gasteiger partial charge on any atom is 0.153 e. The molecule has 3 heteroatoms. The van der Waals surface area contributed by atoms with Crippen LogP contribution in [0.2, 0.25) is 0 Å². The molecule has 0 amide bonds. The van der Waals surface area contributed by atoms with Crippen molar-refractivity contribution in [2.75, 3.05) is 0 Å². The molecule has 0 aliphatic heterocycles. The lowest BCUT2D eigenvalue weighted by Gasteiger charge is -2.17. The Morgan fingerprint density at radius 2 is 1.12 bits per heavy atom. The maximum absolute atomic E-state index is 6.06. The highest BCUT2D eigenvalue weighted by Gasteiger charge is 2.17. The average molecular weight is 327 g/mol. The summed E-state index contributed by atoms with van der Waals surface area (Å²) in [5.74, 6) is 0.467. The van der Waals surface area contributed by atoms with Crippen LogP contribution in [0.1, 0.15) is 29.5 Å². The zero-order valence-corrected chi connectivity index (χ0v) is 14.2. The Bertz CT molecular complexity index is 814. The van der Waals surface area contributed by atoms with E-state index < -0.39 is 0 Å². The third-order valence-electron chi connectivity index (χ3n) is 4.07. The summed E-state index contributed by atoms with van der Waals surface area (Å²) < 4.78 is 0. The summed E-state index contributed by atoms with van der Waals surface area (Å²) in [4.78, 5) is 0. The summed E-state index contributed by atoms with van der Waals surface area (Å²) in [6.07, 6.45) is 0. The van der Waals surface area contributed by atoms with Crippen molar-refractivity contribution >= 4 is 11.5 Å². The van der Waals surface area contributed by atoms with Gasteiger partial charge in [0.2, 0.25) is 0 Å². The van der Waals surface area contributed by atoms with Crippen molar-refractivity contribution in [2.45, 2.75) is 12.8 Å². The van der Waals surface area contributed by atoms with Gasteiger partial charge < -0.3 is 5.73 Å². The molecular formula is C22H21N3. The second kappa shape index (κ2) is 8.06. The molecule has 3 rings (SSSR count). The van der Waals surface area contributed by atoms with E-state index in [-0.39, 0.29) is 5.92 Å². The Morgan fingerprint density at radius 1 is 0.680 bits per heavy atom. The minimum absolute atomic E-state index is 0.0507. The van der Waals surface area contributed by atoms with Crippen LogP contribution < -0.4 is 5.73 Å². The second-order valence-electron chi connectivity index (χ2n) is 5.85. The molecule has 0 spiro atoms. The Hall–Kier alpha value is -3.20. The minimum Gasteiger partial charge on any atom is -0.382 e. The topological polar surface area (TPSA) is 50.7 Å². The van der Waals surface area contributed by atoms with E-state index in [1.54, 1.807) is 0 Å². The van der Waals surface area contributed by atoms with Crippen LogP contribution in [-0.2, 0) is 0 Å². The highest BCUT2D eigenvalue weighted by atomic mass is 15.2. The van der Waals surface area contributed by atoms with Crippen molar-refractivity contribution in [1.29, 1.82) is 0 Å². The van der Waals surface area contributed by atoms with Crippen molar-refractivity contribution in [3.05, 3.63) is 108 Å². The Balaban J connectivity index is 1.96. The third kappa shape index (κ3) is 4.21. The molecule has 0 aliphatic rings. The monoisotopic (exact) mass is 327 g/mol. The van der Waals surface area contributed by atoms with Gasteiger partial charge in [0.05, 0.1) is 0 Å². The van der Waals surface area contributed by atoms with Crippen LogP contribution in [0, 0.1) is 0 Å². The molecule has 124 valence electrons.